The average Bonchev–Trinajstić information content (AvgIpc) is 2.78. The van der Waals surface area contributed by atoms with Crippen LogP contribution in [-0.4, -0.2) is 18.0 Å². The minimum absolute atomic E-state index is 0.629. The van der Waals surface area contributed by atoms with Crippen molar-refractivity contribution in [2.45, 2.75) is 13.3 Å². The monoisotopic (exact) mass is 395 g/mol. The number of carbonyl (C=O) groups excluding carboxylic acids is 2. The molecular formula is C25H21N3O2. The summed E-state index contributed by atoms with van der Waals surface area (Å²) in [5.74, 6) is -1.57. The maximum atomic E-state index is 12.3. The maximum Gasteiger partial charge on any atom is 0.329 e. The van der Waals surface area contributed by atoms with Gasteiger partial charge in [-0.15, -0.1) is 0 Å². The second-order valence-electron chi connectivity index (χ2n) is 6.90. The molecule has 2 N–H and O–H groups in total. The Balaban J connectivity index is 1.56. The van der Waals surface area contributed by atoms with Gasteiger partial charge in [-0.1, -0.05) is 73.7 Å². The van der Waals surface area contributed by atoms with Gasteiger partial charge in [0.15, 0.2) is 0 Å². The molecule has 0 fully saturated rings. The highest BCUT2D eigenvalue weighted by Gasteiger charge is 2.14. The van der Waals surface area contributed by atoms with Crippen LogP contribution in [0.25, 0.3) is 21.5 Å². The Morgan fingerprint density at radius 1 is 0.833 bits per heavy atom. The van der Waals surface area contributed by atoms with Crippen molar-refractivity contribution in [3.8, 4) is 0 Å². The van der Waals surface area contributed by atoms with Crippen LogP contribution in [0.1, 0.15) is 18.1 Å². The van der Waals surface area contributed by atoms with Crippen LogP contribution in [0.5, 0.6) is 0 Å². The van der Waals surface area contributed by atoms with E-state index in [1.807, 2.05) is 73.7 Å². The number of carbonyl (C=O) groups is 2. The van der Waals surface area contributed by atoms with Crippen LogP contribution in [0.3, 0.4) is 0 Å². The van der Waals surface area contributed by atoms with Crippen LogP contribution < -0.4 is 10.7 Å². The van der Waals surface area contributed by atoms with Crippen LogP contribution in [0.2, 0.25) is 0 Å². The molecule has 0 aliphatic rings. The normalized spacial score (nSPS) is 11.1. The summed E-state index contributed by atoms with van der Waals surface area (Å²) in [6.07, 6.45) is 2.35. The summed E-state index contributed by atoms with van der Waals surface area (Å²) in [7, 11) is 0. The topological polar surface area (TPSA) is 70.6 Å². The minimum Gasteiger partial charge on any atom is -0.317 e. The molecule has 0 unspecified atom stereocenters. The molecule has 0 spiro atoms. The van der Waals surface area contributed by atoms with E-state index >= 15 is 0 Å². The van der Waals surface area contributed by atoms with Crippen molar-refractivity contribution in [3.63, 3.8) is 0 Å². The Hall–Kier alpha value is -3.99. The highest BCUT2D eigenvalue weighted by molar-refractivity contribution is 6.39. The van der Waals surface area contributed by atoms with E-state index in [-0.39, 0.29) is 0 Å². The molecule has 5 nitrogen and oxygen atoms in total. The number of hydrogen-bond donors (Lipinski definition) is 2. The number of hydrogen-bond acceptors (Lipinski definition) is 3. The van der Waals surface area contributed by atoms with Gasteiger partial charge in [-0.05, 0) is 45.7 Å². The van der Waals surface area contributed by atoms with Crippen LogP contribution in [0.15, 0.2) is 84.0 Å². The Morgan fingerprint density at radius 2 is 1.43 bits per heavy atom. The van der Waals surface area contributed by atoms with Crippen molar-refractivity contribution >= 4 is 45.3 Å². The number of benzene rings is 4. The van der Waals surface area contributed by atoms with E-state index < -0.39 is 11.8 Å². The predicted molar refractivity (Wildman–Crippen MR) is 122 cm³/mol. The third-order valence-corrected chi connectivity index (χ3v) is 5.03. The van der Waals surface area contributed by atoms with Gasteiger partial charge in [-0.2, -0.15) is 5.10 Å². The van der Waals surface area contributed by atoms with Gasteiger partial charge in [-0.3, -0.25) is 9.59 Å². The molecule has 30 heavy (non-hydrogen) atoms. The highest BCUT2D eigenvalue weighted by Crippen LogP contribution is 2.27. The fourth-order valence-corrected chi connectivity index (χ4v) is 3.52. The fourth-order valence-electron chi connectivity index (χ4n) is 3.52. The second kappa shape index (κ2) is 8.57. The Labute approximate surface area is 174 Å². The second-order valence-corrected chi connectivity index (χ2v) is 6.90. The van der Waals surface area contributed by atoms with Crippen LogP contribution in [0, 0.1) is 0 Å². The number of anilines is 1. The maximum absolute atomic E-state index is 12.3. The first kappa shape index (κ1) is 19.3. The molecule has 148 valence electrons. The summed E-state index contributed by atoms with van der Waals surface area (Å²) in [5.41, 5.74) is 4.82. The molecule has 0 aromatic heterocycles. The van der Waals surface area contributed by atoms with Gasteiger partial charge in [0.2, 0.25) is 0 Å². The number of para-hydroxylation sites is 1. The van der Waals surface area contributed by atoms with E-state index in [0.29, 0.717) is 5.69 Å². The number of aryl methyl sites for hydroxylation is 1. The van der Waals surface area contributed by atoms with E-state index in [4.69, 9.17) is 0 Å². The van der Waals surface area contributed by atoms with E-state index in [0.717, 1.165) is 39.1 Å². The van der Waals surface area contributed by atoms with Crippen LogP contribution >= 0.6 is 0 Å². The van der Waals surface area contributed by atoms with Crippen molar-refractivity contribution < 1.29 is 9.59 Å². The lowest BCUT2D eigenvalue weighted by molar-refractivity contribution is -0.136. The van der Waals surface area contributed by atoms with Crippen molar-refractivity contribution in [2.75, 3.05) is 5.32 Å². The largest absolute Gasteiger partial charge is 0.329 e. The molecule has 0 saturated carbocycles. The number of fused-ring (bicyclic) bond motifs is 2. The molecule has 0 aliphatic carbocycles. The van der Waals surface area contributed by atoms with Gasteiger partial charge >= 0.3 is 11.8 Å². The number of rotatable bonds is 4. The molecule has 0 bridgehead atoms. The SMILES string of the molecule is CCc1ccccc1NC(=O)C(=O)N/N=C\c1c2ccccc2cc2ccccc12. The zero-order valence-electron chi connectivity index (χ0n) is 16.6. The van der Waals surface area contributed by atoms with Gasteiger partial charge in [0.05, 0.1) is 6.21 Å². The standard InChI is InChI=1S/C25H21N3O2/c1-2-17-9-5-8-14-23(17)27-24(29)25(30)28-26-16-22-20-12-6-3-10-18(20)15-19-11-4-7-13-21(19)22/h3-16H,2H2,1H3,(H,27,29)(H,28,30)/b26-16-. The zero-order valence-corrected chi connectivity index (χ0v) is 16.6. The van der Waals surface area contributed by atoms with Crippen molar-refractivity contribution in [2.24, 2.45) is 5.10 Å². The van der Waals surface area contributed by atoms with Crippen LogP contribution in [-0.2, 0) is 16.0 Å². The number of hydrazone groups is 1. The summed E-state index contributed by atoms with van der Waals surface area (Å²) in [5, 5.41) is 10.9. The smallest absolute Gasteiger partial charge is 0.317 e. The van der Waals surface area contributed by atoms with E-state index in [2.05, 4.69) is 21.9 Å². The number of amides is 2. The quantitative estimate of drug-likeness (QED) is 0.229. The van der Waals surface area contributed by atoms with Gasteiger partial charge in [0.25, 0.3) is 0 Å². The van der Waals surface area contributed by atoms with E-state index in [1.54, 1.807) is 12.3 Å². The molecule has 0 aliphatic heterocycles. The Bertz CT molecular complexity index is 1220. The number of nitrogens with one attached hydrogen (secondary N) is 2. The first-order valence-electron chi connectivity index (χ1n) is 9.80. The summed E-state index contributed by atoms with van der Waals surface area (Å²) in [6, 6.07) is 25.5. The summed E-state index contributed by atoms with van der Waals surface area (Å²) in [6.45, 7) is 1.99. The predicted octanol–water partition coefficient (Wildman–Crippen LogP) is 4.64. The van der Waals surface area contributed by atoms with E-state index in [1.165, 1.54) is 0 Å². The Kier molecular flexibility index (Phi) is 5.52. The third-order valence-electron chi connectivity index (χ3n) is 5.03. The lowest BCUT2D eigenvalue weighted by atomic mass is 9.97. The molecule has 4 rings (SSSR count). The molecule has 5 heteroatoms. The van der Waals surface area contributed by atoms with Gasteiger partial charge < -0.3 is 5.32 Å². The van der Waals surface area contributed by atoms with Gasteiger partial charge in [0, 0.05) is 11.3 Å². The minimum atomic E-state index is -0.818. The number of nitrogens with zero attached hydrogens (tertiary/aromatic N) is 1. The highest BCUT2D eigenvalue weighted by atomic mass is 16.2. The molecule has 4 aromatic rings. The molecule has 4 aromatic carbocycles. The molecule has 0 saturated heterocycles. The third kappa shape index (κ3) is 3.91. The summed E-state index contributed by atoms with van der Waals surface area (Å²) < 4.78 is 0. The molecule has 2 amide bonds. The summed E-state index contributed by atoms with van der Waals surface area (Å²) in [4.78, 5) is 24.5. The van der Waals surface area contributed by atoms with Gasteiger partial charge in [-0.25, -0.2) is 5.43 Å². The average molecular weight is 395 g/mol. The fraction of sp³-hybridized carbons (Fsp3) is 0.0800. The summed E-state index contributed by atoms with van der Waals surface area (Å²) >= 11 is 0. The molecular weight excluding hydrogens is 374 g/mol. The first-order valence-corrected chi connectivity index (χ1v) is 9.80. The lowest BCUT2D eigenvalue weighted by Gasteiger charge is -2.09. The Morgan fingerprint density at radius 3 is 2.10 bits per heavy atom. The molecule has 0 heterocycles. The van der Waals surface area contributed by atoms with Crippen molar-refractivity contribution in [1.29, 1.82) is 0 Å². The zero-order chi connectivity index (χ0) is 20.9. The van der Waals surface area contributed by atoms with Crippen molar-refractivity contribution in [3.05, 3.63) is 90.0 Å². The van der Waals surface area contributed by atoms with Gasteiger partial charge in [0.1, 0.15) is 0 Å². The first-order chi connectivity index (χ1) is 14.7. The lowest BCUT2D eigenvalue weighted by Crippen LogP contribution is -2.32. The van der Waals surface area contributed by atoms with Crippen molar-refractivity contribution in [1.82, 2.24) is 5.43 Å². The molecule has 0 atom stereocenters. The van der Waals surface area contributed by atoms with E-state index in [9.17, 15) is 9.59 Å². The molecule has 0 radical (unpaired) electrons. The van der Waals surface area contributed by atoms with Crippen LogP contribution in [0.4, 0.5) is 5.69 Å².